The Morgan fingerprint density at radius 3 is 1.14 bits per heavy atom. The maximum atomic E-state index is 10.4. The molecule has 0 atom stereocenters. The van der Waals surface area contributed by atoms with Gasteiger partial charge in [-0.25, -0.2) is 8.37 Å². The van der Waals surface area contributed by atoms with E-state index in [1.165, 1.54) is 64.2 Å². The maximum absolute atomic E-state index is 10.4. The van der Waals surface area contributed by atoms with Crippen molar-refractivity contribution >= 4 is 10.4 Å². The average Bonchev–Trinajstić information content (AvgIpc) is 2.42. The van der Waals surface area contributed by atoms with Crippen LogP contribution in [0.4, 0.5) is 0 Å². The molecule has 0 aliphatic heterocycles. The normalized spacial score (nSPS) is 10.5. The Kier molecular flexibility index (Phi) is 27.5. The molecule has 0 heterocycles. The van der Waals surface area contributed by atoms with Crippen LogP contribution in [0.15, 0.2) is 0 Å². The van der Waals surface area contributed by atoms with Crippen LogP contribution in [-0.2, 0) is 18.8 Å². The minimum Gasteiger partial charge on any atom is -1.00 e. The summed E-state index contributed by atoms with van der Waals surface area (Å²) in [4.78, 5) is 0. The third kappa shape index (κ3) is 25.8. The Labute approximate surface area is 162 Å². The van der Waals surface area contributed by atoms with Gasteiger partial charge in [0.05, 0.1) is 13.2 Å². The summed E-state index contributed by atoms with van der Waals surface area (Å²) in [7, 11) is -3.68. The molecule has 132 valence electrons. The third-order valence-corrected chi connectivity index (χ3v) is 4.03. The topological polar surface area (TPSA) is 52.6 Å². The summed E-state index contributed by atoms with van der Waals surface area (Å²) in [5, 5.41) is 0. The molecule has 4 nitrogen and oxygen atoms in total. The summed E-state index contributed by atoms with van der Waals surface area (Å²) in [5.74, 6) is 0. The van der Waals surface area contributed by atoms with E-state index in [9.17, 15) is 8.42 Å². The van der Waals surface area contributed by atoms with E-state index in [0.29, 0.717) is 0 Å². The molecule has 0 aromatic carbocycles. The van der Waals surface area contributed by atoms with E-state index in [1.807, 2.05) is 0 Å². The molecule has 0 aromatic heterocycles. The van der Waals surface area contributed by atoms with Gasteiger partial charge in [-0.15, -0.1) is 0 Å². The van der Waals surface area contributed by atoms with E-state index in [-0.39, 0.29) is 44.2 Å². The van der Waals surface area contributed by atoms with Crippen LogP contribution in [0.3, 0.4) is 0 Å². The molecule has 0 rings (SSSR count). The molecular weight excluding hydrogens is 311 g/mol. The summed E-state index contributed by atoms with van der Waals surface area (Å²) in [6, 6.07) is 0. The number of rotatable bonds is 13. The first-order valence-corrected chi connectivity index (χ1v) is 9.91. The van der Waals surface area contributed by atoms with Crippen LogP contribution in [0.1, 0.15) is 93.3 Å². The van der Waals surface area contributed by atoms with Gasteiger partial charge in [0.2, 0.25) is 0 Å². The van der Waals surface area contributed by atoms with Gasteiger partial charge in [0.1, 0.15) is 0 Å². The summed E-state index contributed by atoms with van der Waals surface area (Å²) < 4.78 is 29.2. The van der Waals surface area contributed by atoms with Gasteiger partial charge in [0.25, 0.3) is 0 Å². The van der Waals surface area contributed by atoms with E-state index in [0.717, 1.165) is 0 Å². The first-order chi connectivity index (χ1) is 10.0. The van der Waals surface area contributed by atoms with E-state index in [2.05, 4.69) is 22.2 Å². The first kappa shape index (κ1) is 27.7. The van der Waals surface area contributed by atoms with Crippen molar-refractivity contribution in [3.8, 4) is 0 Å². The molecule has 0 fully saturated rings. The molecule has 0 saturated heterocycles. The average molecular weight is 349 g/mol. The van der Waals surface area contributed by atoms with Crippen molar-refractivity contribution in [2.45, 2.75) is 91.9 Å². The zero-order valence-electron chi connectivity index (χ0n) is 16.5. The second-order valence-electron chi connectivity index (χ2n) is 5.05. The Hall–Kier alpha value is 0.870. The first-order valence-electron chi connectivity index (χ1n) is 8.57. The second kappa shape index (κ2) is 21.9. The van der Waals surface area contributed by atoms with Crippen molar-refractivity contribution in [2.24, 2.45) is 0 Å². The quantitative estimate of drug-likeness (QED) is 0.379. The predicted octanol–water partition coefficient (Wildman–Crippen LogP) is 2.35. The Morgan fingerprint density at radius 2 is 0.909 bits per heavy atom. The molecule has 0 spiro atoms. The van der Waals surface area contributed by atoms with Crippen LogP contribution in [0.25, 0.3) is 0 Å². The van der Waals surface area contributed by atoms with Gasteiger partial charge < -0.3 is 1.43 Å². The minimum absolute atomic E-state index is 0. The smallest absolute Gasteiger partial charge is 1.00 e. The molecular formula is C16H37NaO4S. The van der Waals surface area contributed by atoms with Gasteiger partial charge >= 0.3 is 40.0 Å². The van der Waals surface area contributed by atoms with Gasteiger partial charge in [-0.1, -0.05) is 78.1 Å². The second-order valence-corrected chi connectivity index (χ2v) is 6.34. The van der Waals surface area contributed by atoms with Crippen LogP contribution in [-0.4, -0.2) is 21.6 Å². The van der Waals surface area contributed by atoms with Gasteiger partial charge in [-0.3, -0.25) is 0 Å². The summed E-state index contributed by atoms with van der Waals surface area (Å²) in [6.07, 6.45) is 14.4. The van der Waals surface area contributed by atoms with Gasteiger partial charge in [-0.05, 0) is 13.8 Å². The largest absolute Gasteiger partial charge is 1.00 e. The molecule has 6 heteroatoms. The molecule has 0 bridgehead atoms. The van der Waals surface area contributed by atoms with Crippen LogP contribution in [0.5, 0.6) is 0 Å². The van der Waals surface area contributed by atoms with Crippen molar-refractivity contribution in [3.63, 3.8) is 0 Å². The Bertz CT molecular complexity index is 266. The number of hydrogen-bond donors (Lipinski definition) is 0. The monoisotopic (exact) mass is 348 g/mol. The SMILES string of the molecule is CCCCCCCCCCCC.CCOS(=O)(=O)OCC.[H-].[Na+]. The summed E-state index contributed by atoms with van der Waals surface area (Å²) >= 11 is 0. The van der Waals surface area contributed by atoms with E-state index >= 15 is 0 Å². The minimum atomic E-state index is -3.68. The van der Waals surface area contributed by atoms with Crippen molar-refractivity contribution in [1.29, 1.82) is 0 Å². The van der Waals surface area contributed by atoms with E-state index < -0.39 is 10.4 Å². The van der Waals surface area contributed by atoms with Crippen LogP contribution in [0.2, 0.25) is 0 Å². The predicted molar refractivity (Wildman–Crippen MR) is 90.8 cm³/mol. The zero-order valence-corrected chi connectivity index (χ0v) is 18.3. The standard InChI is InChI=1S/C12H26.C4H10O4S.Na.H/c1-3-5-7-9-11-12-10-8-6-4-2;1-3-7-9(5,6)8-4-2;;/h3-12H2,1-2H3;3-4H2,1-2H3;;/q;;+1;-1. The summed E-state index contributed by atoms with van der Waals surface area (Å²) in [5.41, 5.74) is 0. The molecule has 0 N–H and O–H groups in total. The molecule has 0 radical (unpaired) electrons. The molecule has 0 aliphatic rings. The molecule has 0 unspecified atom stereocenters. The van der Waals surface area contributed by atoms with Crippen molar-refractivity contribution in [3.05, 3.63) is 0 Å². The third-order valence-electron chi connectivity index (χ3n) is 2.98. The molecule has 0 saturated carbocycles. The van der Waals surface area contributed by atoms with Crippen LogP contribution < -0.4 is 29.6 Å². The zero-order chi connectivity index (χ0) is 16.4. The fourth-order valence-corrected chi connectivity index (χ4v) is 2.53. The van der Waals surface area contributed by atoms with E-state index in [4.69, 9.17) is 0 Å². The van der Waals surface area contributed by atoms with Crippen molar-refractivity contribution < 1.29 is 47.8 Å². The van der Waals surface area contributed by atoms with Gasteiger partial charge in [-0.2, -0.15) is 8.42 Å². The Balaban J connectivity index is -0.000000149. The van der Waals surface area contributed by atoms with Crippen molar-refractivity contribution in [1.82, 2.24) is 0 Å². The van der Waals surface area contributed by atoms with Crippen LogP contribution >= 0.6 is 0 Å². The number of unbranched alkanes of at least 4 members (excludes halogenated alkanes) is 9. The van der Waals surface area contributed by atoms with Crippen molar-refractivity contribution in [2.75, 3.05) is 13.2 Å². The molecule has 0 aliphatic carbocycles. The fourth-order valence-electron chi connectivity index (χ4n) is 1.88. The molecule has 22 heavy (non-hydrogen) atoms. The van der Waals surface area contributed by atoms with Gasteiger partial charge in [0, 0.05) is 0 Å². The van der Waals surface area contributed by atoms with Crippen LogP contribution in [0, 0.1) is 0 Å². The summed E-state index contributed by atoms with van der Waals surface area (Å²) in [6.45, 7) is 7.94. The number of hydrogen-bond acceptors (Lipinski definition) is 4. The fraction of sp³-hybridized carbons (Fsp3) is 1.00. The van der Waals surface area contributed by atoms with E-state index in [1.54, 1.807) is 13.8 Å². The molecule has 0 amide bonds. The Morgan fingerprint density at radius 1 is 0.636 bits per heavy atom. The molecule has 0 aromatic rings. The maximum Gasteiger partial charge on any atom is 1.00 e. The van der Waals surface area contributed by atoms with Gasteiger partial charge in [0.15, 0.2) is 0 Å².